The van der Waals surface area contributed by atoms with Crippen molar-refractivity contribution in [1.29, 1.82) is 0 Å². The summed E-state index contributed by atoms with van der Waals surface area (Å²) in [7, 11) is -9.28. The minimum absolute atomic E-state index is 0.111. The quantitative estimate of drug-likeness (QED) is 0.0493. The molecule has 18 heteroatoms. The fourth-order valence-corrected chi connectivity index (χ4v) is 4.65. The Kier molecular flexibility index (Phi) is 8.24. The van der Waals surface area contributed by atoms with Crippen LogP contribution in [0.15, 0.2) is 109 Å². The number of anilines is 4. The van der Waals surface area contributed by atoms with Gasteiger partial charge in [-0.05, 0) is 48.5 Å². The molecule has 42 heavy (non-hydrogen) atoms. The van der Waals surface area contributed by atoms with E-state index >= 15 is 0 Å². The number of nitro benzene ring substituents is 1. The maximum atomic E-state index is 11.9. The zero-order chi connectivity index (χ0) is 30.7. The highest BCUT2D eigenvalue weighted by Crippen LogP contribution is 2.37. The highest BCUT2D eigenvalue weighted by atomic mass is 32.2. The number of rotatable bonds is 9. The molecular formula is C24H20N8O8S2. The van der Waals surface area contributed by atoms with Gasteiger partial charge in [0.15, 0.2) is 0 Å². The van der Waals surface area contributed by atoms with Gasteiger partial charge in [0, 0.05) is 12.1 Å². The average Bonchev–Trinajstić information content (AvgIpc) is 2.92. The molecule has 4 aromatic rings. The third kappa shape index (κ3) is 7.06. The lowest BCUT2D eigenvalue weighted by Crippen LogP contribution is -2.04. The normalized spacial score (nSPS) is 12.1. The maximum Gasteiger partial charge on any atom is 0.296 e. The van der Waals surface area contributed by atoms with Crippen LogP contribution in [0.3, 0.4) is 0 Å². The van der Waals surface area contributed by atoms with Crippen molar-refractivity contribution in [2.24, 2.45) is 20.5 Å². The summed E-state index contributed by atoms with van der Waals surface area (Å²) in [6.45, 7) is 0. The van der Waals surface area contributed by atoms with Crippen LogP contribution in [-0.4, -0.2) is 30.9 Å². The van der Waals surface area contributed by atoms with Crippen molar-refractivity contribution in [3.05, 3.63) is 89.0 Å². The first-order valence-electron chi connectivity index (χ1n) is 11.4. The van der Waals surface area contributed by atoms with Gasteiger partial charge in [-0.25, -0.2) is 0 Å². The van der Waals surface area contributed by atoms with E-state index in [1.165, 1.54) is 42.5 Å². The summed E-state index contributed by atoms with van der Waals surface area (Å²) in [4.78, 5) is 9.18. The van der Waals surface area contributed by atoms with Gasteiger partial charge in [0.05, 0.1) is 38.3 Å². The van der Waals surface area contributed by atoms with Crippen molar-refractivity contribution in [3.8, 4) is 0 Å². The summed E-state index contributed by atoms with van der Waals surface area (Å²) in [6.07, 6.45) is 0. The van der Waals surface area contributed by atoms with Gasteiger partial charge >= 0.3 is 0 Å². The van der Waals surface area contributed by atoms with Gasteiger partial charge in [-0.2, -0.15) is 21.9 Å². The first kappa shape index (κ1) is 29.7. The number of nitrogens with one attached hydrogen (secondary N) is 1. The molecule has 7 N–H and O–H groups in total. The lowest BCUT2D eigenvalue weighted by atomic mass is 10.2. The number of nitrogens with zero attached hydrogens (tertiary/aromatic N) is 5. The summed E-state index contributed by atoms with van der Waals surface area (Å²) in [6, 6.07) is 17.0. The van der Waals surface area contributed by atoms with Crippen LogP contribution in [0.4, 0.5) is 51.2 Å². The highest BCUT2D eigenvalue weighted by molar-refractivity contribution is 7.86. The Hall–Kier alpha value is -5.30. The summed E-state index contributed by atoms with van der Waals surface area (Å²) in [5.74, 6) is 0. The molecule has 0 bridgehead atoms. The Morgan fingerprint density at radius 2 is 1.33 bits per heavy atom. The summed E-state index contributed by atoms with van der Waals surface area (Å²) >= 11 is 0. The Balaban J connectivity index is 1.65. The van der Waals surface area contributed by atoms with Gasteiger partial charge in [0.25, 0.3) is 25.9 Å². The van der Waals surface area contributed by atoms with Crippen LogP contribution in [0.25, 0.3) is 0 Å². The molecule has 0 aliphatic heterocycles. The lowest BCUT2D eigenvalue weighted by Gasteiger charge is -2.12. The van der Waals surface area contributed by atoms with Crippen molar-refractivity contribution in [1.82, 2.24) is 0 Å². The highest BCUT2D eigenvalue weighted by Gasteiger charge is 2.21. The summed E-state index contributed by atoms with van der Waals surface area (Å²) in [5, 5.41) is 30.1. The molecule has 4 rings (SSSR count). The standard InChI is InChI=1S/C24H20N8O8S2/c25-17-12-18(26)23(13-22(17)30-28-14-4-3-5-16(10-14)41(35,36)37)31-29-20-7-2-1-6-19(20)27-21-9-8-15(32(33)34)11-24(21)42(38,39)40/h1-13,27H,25-26H2,(H,35,36,37)(H,38,39,40). The van der Waals surface area contributed by atoms with Gasteiger partial charge in [0.2, 0.25) is 0 Å². The number of non-ortho nitro benzene ring substituents is 1. The van der Waals surface area contributed by atoms with Crippen molar-refractivity contribution in [2.45, 2.75) is 9.79 Å². The van der Waals surface area contributed by atoms with E-state index < -0.39 is 35.7 Å². The molecule has 4 aromatic carbocycles. The number of hydrogen-bond donors (Lipinski definition) is 5. The second-order valence-corrected chi connectivity index (χ2v) is 11.2. The van der Waals surface area contributed by atoms with E-state index in [1.54, 1.807) is 12.1 Å². The predicted molar refractivity (Wildman–Crippen MR) is 153 cm³/mol. The SMILES string of the molecule is Nc1cc(N)c(N=Nc2ccccc2Nc2ccc([N+](=O)[O-])cc2S(=O)(=O)O)cc1N=Nc1cccc(S(=O)(=O)O)c1. The van der Waals surface area contributed by atoms with E-state index in [2.05, 4.69) is 25.8 Å². The zero-order valence-electron chi connectivity index (χ0n) is 21.1. The lowest BCUT2D eigenvalue weighted by molar-refractivity contribution is -0.385. The number of nitro groups is 1. The molecule has 0 spiro atoms. The third-order valence-corrected chi connectivity index (χ3v) is 7.20. The van der Waals surface area contributed by atoms with Crippen LogP contribution in [0.2, 0.25) is 0 Å². The molecule has 0 saturated heterocycles. The number of azo groups is 2. The fraction of sp³-hybridized carbons (Fsp3) is 0. The Bertz CT molecular complexity index is 1980. The minimum Gasteiger partial charge on any atom is -0.397 e. The fourth-order valence-electron chi connectivity index (χ4n) is 3.46. The van der Waals surface area contributed by atoms with Crippen LogP contribution >= 0.6 is 0 Å². The van der Waals surface area contributed by atoms with E-state index in [9.17, 15) is 36.1 Å². The van der Waals surface area contributed by atoms with Gasteiger partial charge in [-0.3, -0.25) is 19.2 Å². The zero-order valence-corrected chi connectivity index (χ0v) is 22.7. The van der Waals surface area contributed by atoms with Crippen LogP contribution in [0, 0.1) is 10.1 Å². The molecule has 0 saturated carbocycles. The smallest absolute Gasteiger partial charge is 0.296 e. The van der Waals surface area contributed by atoms with Crippen LogP contribution in [-0.2, 0) is 20.2 Å². The van der Waals surface area contributed by atoms with E-state index in [-0.39, 0.29) is 50.4 Å². The summed E-state index contributed by atoms with van der Waals surface area (Å²) < 4.78 is 65.3. The molecule has 16 nitrogen and oxygen atoms in total. The van der Waals surface area contributed by atoms with E-state index in [4.69, 9.17) is 11.5 Å². The van der Waals surface area contributed by atoms with E-state index in [0.29, 0.717) is 6.07 Å². The average molecular weight is 613 g/mol. The minimum atomic E-state index is -4.84. The Labute approximate surface area is 238 Å². The van der Waals surface area contributed by atoms with Gasteiger partial charge in [0.1, 0.15) is 22.0 Å². The summed E-state index contributed by atoms with van der Waals surface area (Å²) in [5.41, 5.74) is 12.3. The molecule has 0 aromatic heterocycles. The molecule has 0 fully saturated rings. The molecule has 0 radical (unpaired) electrons. The number of para-hydroxylation sites is 1. The predicted octanol–water partition coefficient (Wildman–Crippen LogP) is 5.83. The number of hydrogen-bond acceptors (Lipinski definition) is 13. The largest absolute Gasteiger partial charge is 0.397 e. The van der Waals surface area contributed by atoms with E-state index in [0.717, 1.165) is 18.2 Å². The second-order valence-electron chi connectivity index (χ2n) is 8.40. The van der Waals surface area contributed by atoms with Gasteiger partial charge < -0.3 is 16.8 Å². The van der Waals surface area contributed by atoms with Crippen LogP contribution < -0.4 is 16.8 Å². The van der Waals surface area contributed by atoms with E-state index in [1.807, 2.05) is 0 Å². The van der Waals surface area contributed by atoms with Crippen molar-refractivity contribution in [2.75, 3.05) is 16.8 Å². The van der Waals surface area contributed by atoms with Crippen LogP contribution in [0.1, 0.15) is 0 Å². The van der Waals surface area contributed by atoms with Crippen molar-refractivity contribution >= 4 is 71.4 Å². The second kappa shape index (κ2) is 11.7. The van der Waals surface area contributed by atoms with Crippen molar-refractivity contribution in [3.63, 3.8) is 0 Å². The van der Waals surface area contributed by atoms with Crippen molar-refractivity contribution < 1.29 is 30.9 Å². The third-order valence-electron chi connectivity index (χ3n) is 5.46. The first-order valence-corrected chi connectivity index (χ1v) is 14.3. The molecule has 0 unspecified atom stereocenters. The Morgan fingerprint density at radius 1 is 0.690 bits per heavy atom. The molecule has 0 amide bonds. The maximum absolute atomic E-state index is 11.9. The Morgan fingerprint density at radius 3 is 1.98 bits per heavy atom. The molecule has 0 aliphatic rings. The number of nitrogens with two attached hydrogens (primary N) is 2. The topological polar surface area (TPSA) is 265 Å². The number of benzene rings is 4. The van der Waals surface area contributed by atoms with Gasteiger partial charge in [-0.15, -0.1) is 15.3 Å². The first-order chi connectivity index (χ1) is 19.7. The number of nitrogen functional groups attached to an aromatic ring is 2. The monoisotopic (exact) mass is 612 g/mol. The van der Waals surface area contributed by atoms with Gasteiger partial charge in [-0.1, -0.05) is 18.2 Å². The molecule has 0 heterocycles. The molecule has 216 valence electrons. The van der Waals surface area contributed by atoms with Crippen LogP contribution in [0.5, 0.6) is 0 Å². The molecular weight excluding hydrogens is 592 g/mol. The molecule has 0 aliphatic carbocycles. The molecule has 0 atom stereocenters.